The van der Waals surface area contributed by atoms with E-state index in [1.807, 2.05) is 39.0 Å². The highest BCUT2D eigenvalue weighted by Gasteiger charge is 2.29. The van der Waals surface area contributed by atoms with Gasteiger partial charge >= 0.3 is 6.09 Å². The van der Waals surface area contributed by atoms with E-state index in [1.165, 1.54) is 0 Å². The van der Waals surface area contributed by atoms with Crippen LogP contribution in [0.4, 0.5) is 10.5 Å². The highest BCUT2D eigenvalue weighted by Crippen LogP contribution is 2.32. The monoisotopic (exact) mass is 264 g/mol. The molecule has 0 radical (unpaired) electrons. The van der Waals surface area contributed by atoms with Gasteiger partial charge in [0.2, 0.25) is 0 Å². The van der Waals surface area contributed by atoms with E-state index >= 15 is 0 Å². The molecule has 5 heteroatoms. The van der Waals surface area contributed by atoms with E-state index in [0.29, 0.717) is 13.2 Å². The number of benzene rings is 1. The van der Waals surface area contributed by atoms with Crippen LogP contribution in [0.1, 0.15) is 31.9 Å². The zero-order chi connectivity index (χ0) is 14.0. The molecule has 0 aliphatic carbocycles. The molecule has 0 fully saturated rings. The van der Waals surface area contributed by atoms with E-state index in [1.54, 1.807) is 4.90 Å². The number of hydrogen-bond acceptors (Lipinski definition) is 4. The Morgan fingerprint density at radius 3 is 2.79 bits per heavy atom. The molecule has 104 valence electrons. The maximum Gasteiger partial charge on any atom is 0.414 e. The summed E-state index contributed by atoms with van der Waals surface area (Å²) in [6, 6.07) is 5.78. The molecular formula is C14H20N2O3. The summed E-state index contributed by atoms with van der Waals surface area (Å²) in [5, 5.41) is 0. The normalized spacial score (nSPS) is 14.4. The number of ether oxygens (including phenoxy) is 1. The molecule has 0 unspecified atom stereocenters. The first-order chi connectivity index (χ1) is 8.92. The summed E-state index contributed by atoms with van der Waals surface area (Å²) in [6.07, 6.45) is 0.491. The largest absolute Gasteiger partial charge is 0.443 e. The first kappa shape index (κ1) is 13.8. The van der Waals surface area contributed by atoms with Crippen LogP contribution in [0.3, 0.4) is 0 Å². The average molecular weight is 264 g/mol. The van der Waals surface area contributed by atoms with E-state index in [-0.39, 0.29) is 6.09 Å². The summed E-state index contributed by atoms with van der Waals surface area (Å²) >= 11 is 0. The zero-order valence-corrected chi connectivity index (χ0v) is 11.6. The van der Waals surface area contributed by atoms with Gasteiger partial charge in [-0.15, -0.1) is 0 Å². The standard InChI is InChI=1S/C14H20N2O3/c1-14(2,3)19-13(17)16-8-7-11-10(9-18-15)5-4-6-12(11)16/h4-6H,7-9,15H2,1-3H3. The van der Waals surface area contributed by atoms with Gasteiger partial charge in [0.25, 0.3) is 0 Å². The third-order valence-electron chi connectivity index (χ3n) is 2.98. The molecule has 1 aromatic carbocycles. The third kappa shape index (κ3) is 3.05. The van der Waals surface area contributed by atoms with Crippen LogP contribution in [0.15, 0.2) is 18.2 Å². The van der Waals surface area contributed by atoms with Crippen molar-refractivity contribution in [3.05, 3.63) is 29.3 Å². The molecule has 1 aliphatic heterocycles. The molecule has 5 nitrogen and oxygen atoms in total. The number of amides is 1. The fourth-order valence-corrected chi connectivity index (χ4v) is 2.24. The summed E-state index contributed by atoms with van der Waals surface area (Å²) in [7, 11) is 0. The fourth-order valence-electron chi connectivity index (χ4n) is 2.24. The summed E-state index contributed by atoms with van der Waals surface area (Å²) in [5.41, 5.74) is 2.53. The molecule has 1 heterocycles. The highest BCUT2D eigenvalue weighted by molar-refractivity contribution is 5.90. The zero-order valence-electron chi connectivity index (χ0n) is 11.6. The van der Waals surface area contributed by atoms with Gasteiger partial charge in [0.05, 0.1) is 12.3 Å². The Kier molecular flexibility index (Phi) is 3.78. The molecule has 0 bridgehead atoms. The summed E-state index contributed by atoms with van der Waals surface area (Å²) < 4.78 is 5.41. The van der Waals surface area contributed by atoms with Crippen molar-refractivity contribution in [2.24, 2.45) is 5.90 Å². The topological polar surface area (TPSA) is 64.8 Å². The number of anilines is 1. The molecule has 19 heavy (non-hydrogen) atoms. The second kappa shape index (κ2) is 5.19. The Morgan fingerprint density at radius 1 is 1.42 bits per heavy atom. The minimum absolute atomic E-state index is 0.308. The number of nitrogens with two attached hydrogens (primary N) is 1. The fraction of sp³-hybridized carbons (Fsp3) is 0.500. The molecule has 1 amide bonds. The molecule has 1 aromatic rings. The Balaban J connectivity index is 2.22. The van der Waals surface area contributed by atoms with Crippen LogP contribution in [0.2, 0.25) is 0 Å². The van der Waals surface area contributed by atoms with Crippen molar-refractivity contribution in [1.29, 1.82) is 0 Å². The van der Waals surface area contributed by atoms with Crippen molar-refractivity contribution in [2.75, 3.05) is 11.4 Å². The number of rotatable bonds is 2. The molecule has 0 atom stereocenters. The first-order valence-electron chi connectivity index (χ1n) is 6.35. The Morgan fingerprint density at radius 2 is 2.16 bits per heavy atom. The number of nitrogens with zero attached hydrogens (tertiary/aromatic N) is 1. The number of fused-ring (bicyclic) bond motifs is 1. The smallest absolute Gasteiger partial charge is 0.414 e. The van der Waals surface area contributed by atoms with Gasteiger partial charge in [-0.1, -0.05) is 12.1 Å². The second-order valence-electron chi connectivity index (χ2n) is 5.61. The Hall–Kier alpha value is -1.59. The summed E-state index contributed by atoms with van der Waals surface area (Å²) in [6.45, 7) is 6.57. The van der Waals surface area contributed by atoms with Crippen LogP contribution in [-0.2, 0) is 22.6 Å². The van der Waals surface area contributed by atoms with Crippen molar-refractivity contribution in [1.82, 2.24) is 0 Å². The molecule has 0 saturated carbocycles. The van der Waals surface area contributed by atoms with Crippen LogP contribution < -0.4 is 10.8 Å². The lowest BCUT2D eigenvalue weighted by molar-refractivity contribution is 0.0584. The molecular weight excluding hydrogens is 244 g/mol. The summed E-state index contributed by atoms with van der Waals surface area (Å²) in [4.78, 5) is 18.5. The SMILES string of the molecule is CC(C)(C)OC(=O)N1CCc2c(CON)cccc21. The van der Waals surface area contributed by atoms with E-state index in [2.05, 4.69) is 0 Å². The van der Waals surface area contributed by atoms with Gasteiger partial charge < -0.3 is 4.74 Å². The molecule has 0 saturated heterocycles. The van der Waals surface area contributed by atoms with Crippen molar-refractivity contribution in [3.63, 3.8) is 0 Å². The molecule has 2 N–H and O–H groups in total. The van der Waals surface area contributed by atoms with Crippen LogP contribution in [0, 0.1) is 0 Å². The number of hydrogen-bond donors (Lipinski definition) is 1. The van der Waals surface area contributed by atoms with Crippen LogP contribution in [-0.4, -0.2) is 18.2 Å². The molecule has 0 spiro atoms. The number of carbonyl (C=O) groups is 1. The van der Waals surface area contributed by atoms with E-state index in [9.17, 15) is 4.79 Å². The summed E-state index contributed by atoms with van der Waals surface area (Å²) in [5.74, 6) is 5.13. The van der Waals surface area contributed by atoms with Gasteiger partial charge in [0.1, 0.15) is 5.60 Å². The van der Waals surface area contributed by atoms with Gasteiger partial charge in [-0.3, -0.25) is 9.74 Å². The van der Waals surface area contributed by atoms with E-state index in [0.717, 1.165) is 23.2 Å². The van der Waals surface area contributed by atoms with Gasteiger partial charge in [0, 0.05) is 6.54 Å². The third-order valence-corrected chi connectivity index (χ3v) is 2.98. The minimum Gasteiger partial charge on any atom is -0.443 e. The Bertz CT molecular complexity index is 480. The predicted molar refractivity (Wildman–Crippen MR) is 72.7 cm³/mol. The lowest BCUT2D eigenvalue weighted by Gasteiger charge is -2.24. The van der Waals surface area contributed by atoms with Crippen molar-refractivity contribution >= 4 is 11.8 Å². The average Bonchev–Trinajstić information content (AvgIpc) is 2.72. The van der Waals surface area contributed by atoms with Crippen LogP contribution >= 0.6 is 0 Å². The van der Waals surface area contributed by atoms with Gasteiger partial charge in [-0.25, -0.2) is 10.7 Å². The molecule has 2 rings (SSSR count). The van der Waals surface area contributed by atoms with Crippen molar-refractivity contribution < 1.29 is 14.4 Å². The van der Waals surface area contributed by atoms with Crippen LogP contribution in [0.5, 0.6) is 0 Å². The van der Waals surface area contributed by atoms with E-state index < -0.39 is 5.60 Å². The number of carbonyl (C=O) groups excluding carboxylic acids is 1. The minimum atomic E-state index is -0.488. The van der Waals surface area contributed by atoms with Crippen molar-refractivity contribution in [3.8, 4) is 0 Å². The molecule has 0 aromatic heterocycles. The van der Waals surface area contributed by atoms with Gasteiger partial charge in [0.15, 0.2) is 0 Å². The maximum absolute atomic E-state index is 12.1. The van der Waals surface area contributed by atoms with Gasteiger partial charge in [-0.2, -0.15) is 0 Å². The second-order valence-corrected chi connectivity index (χ2v) is 5.61. The Labute approximate surface area is 113 Å². The predicted octanol–water partition coefficient (Wildman–Crippen LogP) is 2.37. The molecule has 1 aliphatic rings. The first-order valence-corrected chi connectivity index (χ1v) is 6.35. The lowest BCUT2D eigenvalue weighted by Crippen LogP contribution is -2.35. The lowest BCUT2D eigenvalue weighted by atomic mass is 10.1. The maximum atomic E-state index is 12.1. The highest BCUT2D eigenvalue weighted by atomic mass is 16.6. The quantitative estimate of drug-likeness (QED) is 0.833. The van der Waals surface area contributed by atoms with Crippen LogP contribution in [0.25, 0.3) is 0 Å². The van der Waals surface area contributed by atoms with E-state index in [4.69, 9.17) is 15.5 Å². The van der Waals surface area contributed by atoms with Crippen molar-refractivity contribution in [2.45, 2.75) is 39.4 Å². The van der Waals surface area contributed by atoms with Gasteiger partial charge in [-0.05, 0) is 44.4 Å².